The van der Waals surface area contributed by atoms with Gasteiger partial charge in [-0.2, -0.15) is 0 Å². The van der Waals surface area contributed by atoms with Gasteiger partial charge in [0.15, 0.2) is 5.11 Å². The van der Waals surface area contributed by atoms with Gasteiger partial charge in [-0.05, 0) is 111 Å². The molecule has 7 nitrogen and oxygen atoms in total. The van der Waals surface area contributed by atoms with Crippen LogP contribution in [0.5, 0.6) is 11.5 Å². The van der Waals surface area contributed by atoms with Crippen LogP contribution in [-0.2, 0) is 4.74 Å². The number of nitrogens with one attached hydrogen (secondary N) is 1. The molecule has 8 heteroatoms. The Morgan fingerprint density at radius 3 is 2.26 bits per heavy atom. The quantitative estimate of drug-likeness (QED) is 0.155. The second kappa shape index (κ2) is 11.7. The van der Waals surface area contributed by atoms with Crippen molar-refractivity contribution in [1.29, 1.82) is 0 Å². The van der Waals surface area contributed by atoms with Gasteiger partial charge in [0.1, 0.15) is 11.5 Å². The van der Waals surface area contributed by atoms with E-state index in [0.717, 1.165) is 45.5 Å². The van der Waals surface area contributed by atoms with Gasteiger partial charge >= 0.3 is 5.97 Å². The number of carbonyl (C=O) groups excluding carboxylic acids is 1. The minimum absolute atomic E-state index is 0.185. The van der Waals surface area contributed by atoms with E-state index in [1.54, 1.807) is 12.3 Å². The van der Waals surface area contributed by atoms with E-state index in [1.165, 1.54) is 12.7 Å². The van der Waals surface area contributed by atoms with Gasteiger partial charge in [0, 0.05) is 29.0 Å². The summed E-state index contributed by atoms with van der Waals surface area (Å²) < 4.78 is 13.2. The van der Waals surface area contributed by atoms with Crippen LogP contribution in [0.4, 0.5) is 5.69 Å². The Kier molecular flexibility index (Phi) is 7.69. The van der Waals surface area contributed by atoms with Crippen LogP contribution in [-0.4, -0.2) is 27.7 Å². The number of methoxy groups -OCH3 is 1. The van der Waals surface area contributed by atoms with E-state index in [1.807, 2.05) is 84.9 Å². The van der Waals surface area contributed by atoms with Gasteiger partial charge < -0.3 is 24.3 Å². The lowest BCUT2D eigenvalue weighted by Gasteiger charge is -2.28. The fourth-order valence-electron chi connectivity index (χ4n) is 5.74. The van der Waals surface area contributed by atoms with Crippen molar-refractivity contribution in [3.8, 4) is 17.2 Å². The summed E-state index contributed by atoms with van der Waals surface area (Å²) in [7, 11) is 1.39. The molecule has 1 fully saturated rings. The number of aromatic nitrogens is 2. The first-order valence-electron chi connectivity index (χ1n) is 14.1. The monoisotopic (exact) mass is 588 g/mol. The summed E-state index contributed by atoms with van der Waals surface area (Å²) in [6, 6.07) is 31.2. The molecule has 0 saturated carbocycles. The van der Waals surface area contributed by atoms with Crippen molar-refractivity contribution in [2.24, 2.45) is 0 Å². The molecule has 3 aromatic carbocycles. The number of thiocarbonyl (C=S) groups is 1. The molecule has 6 rings (SSSR count). The Bertz CT molecular complexity index is 1780. The standard InChI is InChI=1S/C35H32N4O3S/c1-22-11-15-28(16-12-22)42-29-17-13-26(14-18-29)39-33(32(37-35(39)43)31-10-5-6-19-36-31)30-20-23(2)38(24(30)3)27-9-7-8-25(21-27)34(40)41-4/h5-21,32-33H,1-4H3,(H,37,43)/t32-,33+/m1/s1. The van der Waals surface area contributed by atoms with Crippen molar-refractivity contribution < 1.29 is 14.3 Å². The van der Waals surface area contributed by atoms with E-state index < -0.39 is 0 Å². The first kappa shape index (κ1) is 28.2. The fraction of sp³-hybridized carbons (Fsp3) is 0.171. The Labute approximate surface area is 256 Å². The second-order valence-electron chi connectivity index (χ2n) is 10.6. The summed E-state index contributed by atoms with van der Waals surface area (Å²) in [5, 5.41) is 4.16. The van der Waals surface area contributed by atoms with E-state index in [9.17, 15) is 4.79 Å². The SMILES string of the molecule is COC(=O)c1cccc(-n2c(C)cc([C@H]3[C@@H](c4ccccn4)NC(=S)N3c3ccc(Oc4ccc(C)cc4)cc3)c2C)c1. The minimum Gasteiger partial charge on any atom is -0.465 e. The van der Waals surface area contributed by atoms with Crippen LogP contribution < -0.4 is 15.0 Å². The molecule has 2 aromatic heterocycles. The zero-order chi connectivity index (χ0) is 30.1. The van der Waals surface area contributed by atoms with Crippen LogP contribution in [0.1, 0.15) is 50.7 Å². The number of ether oxygens (including phenoxy) is 2. The molecule has 43 heavy (non-hydrogen) atoms. The summed E-state index contributed by atoms with van der Waals surface area (Å²) in [5.74, 6) is 1.16. The molecular formula is C35H32N4O3S. The summed E-state index contributed by atoms with van der Waals surface area (Å²) in [6.07, 6.45) is 1.80. The van der Waals surface area contributed by atoms with Crippen LogP contribution in [0.25, 0.3) is 5.69 Å². The third-order valence-electron chi connectivity index (χ3n) is 7.78. The number of hydrogen-bond acceptors (Lipinski definition) is 5. The summed E-state index contributed by atoms with van der Waals surface area (Å²) in [4.78, 5) is 19.1. The van der Waals surface area contributed by atoms with E-state index in [0.29, 0.717) is 10.7 Å². The molecule has 0 amide bonds. The highest BCUT2D eigenvalue weighted by Gasteiger charge is 2.42. The first-order valence-corrected chi connectivity index (χ1v) is 14.5. The third kappa shape index (κ3) is 5.49. The lowest BCUT2D eigenvalue weighted by molar-refractivity contribution is 0.0600. The highest BCUT2D eigenvalue weighted by atomic mass is 32.1. The smallest absolute Gasteiger partial charge is 0.337 e. The lowest BCUT2D eigenvalue weighted by atomic mass is 9.96. The maximum absolute atomic E-state index is 12.3. The average Bonchev–Trinajstić information content (AvgIpc) is 3.53. The Balaban J connectivity index is 1.40. The second-order valence-corrected chi connectivity index (χ2v) is 11.0. The molecule has 1 saturated heterocycles. The Hall–Kier alpha value is -4.95. The topological polar surface area (TPSA) is 68.6 Å². The fourth-order valence-corrected chi connectivity index (χ4v) is 6.09. The first-order chi connectivity index (χ1) is 20.8. The van der Waals surface area contributed by atoms with Gasteiger partial charge in [0.2, 0.25) is 0 Å². The molecule has 1 aliphatic rings. The van der Waals surface area contributed by atoms with Crippen molar-refractivity contribution in [2.75, 3.05) is 12.0 Å². The number of carbonyl (C=O) groups is 1. The Morgan fingerprint density at radius 2 is 1.58 bits per heavy atom. The maximum atomic E-state index is 12.3. The molecule has 3 heterocycles. The predicted octanol–water partition coefficient (Wildman–Crippen LogP) is 7.55. The molecule has 1 N–H and O–H groups in total. The van der Waals surface area contributed by atoms with Crippen LogP contribution in [0.15, 0.2) is 103 Å². The van der Waals surface area contributed by atoms with E-state index in [4.69, 9.17) is 26.7 Å². The number of pyridine rings is 1. The van der Waals surface area contributed by atoms with Crippen molar-refractivity contribution in [3.63, 3.8) is 0 Å². The molecule has 0 unspecified atom stereocenters. The van der Waals surface area contributed by atoms with Crippen molar-refractivity contribution in [2.45, 2.75) is 32.9 Å². The Morgan fingerprint density at radius 1 is 0.860 bits per heavy atom. The predicted molar refractivity (Wildman–Crippen MR) is 172 cm³/mol. The highest BCUT2D eigenvalue weighted by Crippen LogP contribution is 2.44. The van der Waals surface area contributed by atoms with Crippen LogP contribution in [0.2, 0.25) is 0 Å². The number of aryl methyl sites for hydroxylation is 2. The van der Waals surface area contributed by atoms with Crippen LogP contribution in [0.3, 0.4) is 0 Å². The van der Waals surface area contributed by atoms with Gasteiger partial charge in [0.05, 0.1) is 30.5 Å². The van der Waals surface area contributed by atoms with Gasteiger partial charge in [-0.15, -0.1) is 0 Å². The molecule has 2 atom stereocenters. The van der Waals surface area contributed by atoms with Crippen molar-refractivity contribution in [1.82, 2.24) is 14.9 Å². The van der Waals surface area contributed by atoms with Gasteiger partial charge in [-0.25, -0.2) is 4.79 Å². The molecule has 1 aliphatic heterocycles. The van der Waals surface area contributed by atoms with Gasteiger partial charge in [-0.3, -0.25) is 4.98 Å². The van der Waals surface area contributed by atoms with E-state index >= 15 is 0 Å². The lowest BCUT2D eigenvalue weighted by Crippen LogP contribution is -2.29. The third-order valence-corrected chi connectivity index (χ3v) is 8.10. The van der Waals surface area contributed by atoms with E-state index in [-0.39, 0.29) is 18.1 Å². The number of anilines is 1. The van der Waals surface area contributed by atoms with Crippen LogP contribution in [0, 0.1) is 20.8 Å². The van der Waals surface area contributed by atoms with Gasteiger partial charge in [-0.1, -0.05) is 29.8 Å². The van der Waals surface area contributed by atoms with E-state index in [2.05, 4.69) is 41.6 Å². The summed E-state index contributed by atoms with van der Waals surface area (Å²) >= 11 is 5.96. The largest absolute Gasteiger partial charge is 0.465 e. The van der Waals surface area contributed by atoms with Gasteiger partial charge in [0.25, 0.3) is 0 Å². The molecule has 0 radical (unpaired) electrons. The molecular weight excluding hydrogens is 556 g/mol. The number of benzene rings is 3. The average molecular weight is 589 g/mol. The number of esters is 1. The van der Waals surface area contributed by atoms with Crippen molar-refractivity contribution >= 4 is 29.0 Å². The minimum atomic E-state index is -0.369. The van der Waals surface area contributed by atoms with Crippen molar-refractivity contribution in [3.05, 3.63) is 137 Å². The summed E-state index contributed by atoms with van der Waals surface area (Å²) in [5.41, 5.74) is 7.58. The summed E-state index contributed by atoms with van der Waals surface area (Å²) in [6.45, 7) is 6.22. The zero-order valence-electron chi connectivity index (χ0n) is 24.4. The number of nitrogens with zero attached hydrogens (tertiary/aromatic N) is 3. The highest BCUT2D eigenvalue weighted by molar-refractivity contribution is 7.80. The molecule has 0 bridgehead atoms. The molecule has 0 aliphatic carbocycles. The van der Waals surface area contributed by atoms with Crippen LogP contribution >= 0.6 is 12.2 Å². The molecule has 216 valence electrons. The number of rotatable bonds is 7. The molecule has 0 spiro atoms. The molecule has 5 aromatic rings. The zero-order valence-corrected chi connectivity index (χ0v) is 25.3. The maximum Gasteiger partial charge on any atom is 0.337 e. The normalized spacial score (nSPS) is 16.2. The number of hydrogen-bond donors (Lipinski definition) is 1.